The summed E-state index contributed by atoms with van der Waals surface area (Å²) in [4.78, 5) is 27.1. The van der Waals surface area contributed by atoms with Crippen molar-refractivity contribution < 1.29 is 19.1 Å². The number of nitrogens with zero attached hydrogens (tertiary/aromatic N) is 1. The van der Waals surface area contributed by atoms with Gasteiger partial charge in [-0.3, -0.25) is 9.59 Å². The van der Waals surface area contributed by atoms with E-state index in [0.29, 0.717) is 29.6 Å². The van der Waals surface area contributed by atoms with E-state index in [1.54, 1.807) is 30.1 Å². The van der Waals surface area contributed by atoms with Gasteiger partial charge in [-0.2, -0.15) is 0 Å². The number of carbonyl (C=O) groups excluding carboxylic acids is 2. The summed E-state index contributed by atoms with van der Waals surface area (Å²) in [5.74, 6) is -0.687. The number of hydrogen-bond acceptors (Lipinski definition) is 4. The molecule has 0 aliphatic carbocycles. The van der Waals surface area contributed by atoms with Crippen molar-refractivity contribution in [3.05, 3.63) is 35.4 Å². The largest absolute Gasteiger partial charge is 0.492 e. The summed E-state index contributed by atoms with van der Waals surface area (Å²) in [6.07, 6.45) is 4.35. The minimum Gasteiger partial charge on any atom is -0.492 e. The molecule has 1 N–H and O–H groups in total. The Morgan fingerprint density at radius 3 is 3.04 bits per heavy atom. The smallest absolute Gasteiger partial charge is 0.231 e. The molecule has 3 aliphatic heterocycles. The standard InChI is InChI=1S/C19H21ClN2O4/c1-3-8-25-13-5-4-11(9-12(13)20)21-17(23)15-14-6-7-19(26-14)10-22(2)18(24)16(15)19/h4-7,9,14-16H,3,8,10H2,1-2H3,(H,21,23)/t14-,15-,16+,19-/m0/s1. The van der Waals surface area contributed by atoms with Gasteiger partial charge >= 0.3 is 0 Å². The molecule has 2 saturated heterocycles. The quantitative estimate of drug-likeness (QED) is 0.802. The zero-order valence-corrected chi connectivity index (χ0v) is 15.5. The van der Waals surface area contributed by atoms with Crippen LogP contribution in [0.5, 0.6) is 5.75 Å². The van der Waals surface area contributed by atoms with Crippen LogP contribution in [-0.2, 0) is 14.3 Å². The van der Waals surface area contributed by atoms with Crippen molar-refractivity contribution in [2.24, 2.45) is 11.8 Å². The molecule has 3 heterocycles. The van der Waals surface area contributed by atoms with E-state index in [0.717, 1.165) is 6.42 Å². The summed E-state index contributed by atoms with van der Waals surface area (Å²) >= 11 is 6.23. The van der Waals surface area contributed by atoms with Crippen LogP contribution in [0, 0.1) is 11.8 Å². The van der Waals surface area contributed by atoms with E-state index in [4.69, 9.17) is 21.1 Å². The molecule has 2 fully saturated rings. The zero-order valence-electron chi connectivity index (χ0n) is 14.7. The Balaban J connectivity index is 1.51. The molecular weight excluding hydrogens is 356 g/mol. The maximum absolute atomic E-state index is 12.9. The first-order valence-electron chi connectivity index (χ1n) is 8.80. The molecule has 6 nitrogen and oxygen atoms in total. The number of fused-ring (bicyclic) bond motifs is 1. The van der Waals surface area contributed by atoms with Gasteiger partial charge < -0.3 is 19.7 Å². The molecule has 0 radical (unpaired) electrons. The number of carbonyl (C=O) groups is 2. The molecule has 0 unspecified atom stereocenters. The Morgan fingerprint density at radius 1 is 1.50 bits per heavy atom. The second kappa shape index (κ2) is 6.28. The highest BCUT2D eigenvalue weighted by Gasteiger charge is 2.66. The van der Waals surface area contributed by atoms with Crippen molar-refractivity contribution in [3.8, 4) is 5.75 Å². The summed E-state index contributed by atoms with van der Waals surface area (Å²) in [6.45, 7) is 3.09. The highest BCUT2D eigenvalue weighted by atomic mass is 35.5. The van der Waals surface area contributed by atoms with Crippen LogP contribution in [0.2, 0.25) is 5.02 Å². The van der Waals surface area contributed by atoms with Gasteiger partial charge in [0.25, 0.3) is 0 Å². The summed E-state index contributed by atoms with van der Waals surface area (Å²) in [6, 6.07) is 5.14. The van der Waals surface area contributed by atoms with Crippen molar-refractivity contribution in [2.75, 3.05) is 25.5 Å². The number of nitrogens with one attached hydrogen (secondary N) is 1. The average molecular weight is 377 g/mol. The summed E-state index contributed by atoms with van der Waals surface area (Å²) < 4.78 is 11.5. The molecule has 0 saturated carbocycles. The Bertz CT molecular complexity index is 796. The normalized spacial score (nSPS) is 31.4. The number of ether oxygens (including phenoxy) is 2. The monoisotopic (exact) mass is 376 g/mol. The first-order valence-corrected chi connectivity index (χ1v) is 9.18. The first kappa shape index (κ1) is 17.4. The molecular formula is C19H21ClN2O4. The molecule has 3 aliphatic rings. The maximum Gasteiger partial charge on any atom is 0.231 e. The van der Waals surface area contributed by atoms with E-state index in [1.807, 2.05) is 19.1 Å². The van der Waals surface area contributed by atoms with Gasteiger partial charge in [-0.1, -0.05) is 30.7 Å². The molecule has 2 amide bonds. The van der Waals surface area contributed by atoms with E-state index < -0.39 is 17.4 Å². The molecule has 1 spiro atoms. The van der Waals surface area contributed by atoms with Crippen LogP contribution >= 0.6 is 11.6 Å². The first-order chi connectivity index (χ1) is 12.4. The number of hydrogen-bond donors (Lipinski definition) is 1. The number of likely N-dealkylation sites (tertiary alicyclic amines) is 1. The topological polar surface area (TPSA) is 67.9 Å². The van der Waals surface area contributed by atoms with Gasteiger partial charge in [0.15, 0.2) is 0 Å². The number of likely N-dealkylation sites (N-methyl/N-ethyl adjacent to an activating group) is 1. The number of anilines is 1. The third kappa shape index (κ3) is 2.59. The van der Waals surface area contributed by atoms with Gasteiger partial charge in [0.2, 0.25) is 11.8 Å². The molecule has 1 aromatic rings. The average Bonchev–Trinajstić information content (AvgIpc) is 3.22. The van der Waals surface area contributed by atoms with E-state index in [9.17, 15) is 9.59 Å². The molecule has 138 valence electrons. The minimum atomic E-state index is -0.659. The number of benzene rings is 1. The predicted molar refractivity (Wildman–Crippen MR) is 97.2 cm³/mol. The van der Waals surface area contributed by atoms with Gasteiger partial charge in [-0.25, -0.2) is 0 Å². The summed E-state index contributed by atoms with van der Waals surface area (Å²) in [5, 5.41) is 3.31. The van der Waals surface area contributed by atoms with Crippen molar-refractivity contribution in [2.45, 2.75) is 25.0 Å². The van der Waals surface area contributed by atoms with E-state index in [1.165, 1.54) is 0 Å². The van der Waals surface area contributed by atoms with Crippen LogP contribution in [0.3, 0.4) is 0 Å². The van der Waals surface area contributed by atoms with Crippen LogP contribution in [0.4, 0.5) is 5.69 Å². The van der Waals surface area contributed by atoms with Gasteiger partial charge in [-0.05, 0) is 24.6 Å². The summed E-state index contributed by atoms with van der Waals surface area (Å²) in [7, 11) is 1.74. The number of halogens is 1. The Kier molecular flexibility index (Phi) is 4.20. The fraction of sp³-hybridized carbons (Fsp3) is 0.474. The molecule has 7 heteroatoms. The van der Waals surface area contributed by atoms with Gasteiger partial charge in [-0.15, -0.1) is 0 Å². The third-order valence-corrected chi connectivity index (χ3v) is 5.55. The van der Waals surface area contributed by atoms with Crippen LogP contribution in [0.15, 0.2) is 30.4 Å². The Hall–Kier alpha value is -2.05. The molecule has 0 aromatic heterocycles. The third-order valence-electron chi connectivity index (χ3n) is 5.25. The van der Waals surface area contributed by atoms with E-state index in [2.05, 4.69) is 5.32 Å². The van der Waals surface area contributed by atoms with Crippen LogP contribution in [-0.4, -0.2) is 48.6 Å². The lowest BCUT2D eigenvalue weighted by molar-refractivity contribution is -0.134. The fourth-order valence-electron chi connectivity index (χ4n) is 4.12. The number of rotatable bonds is 5. The van der Waals surface area contributed by atoms with E-state index in [-0.39, 0.29) is 17.9 Å². The number of amides is 2. The van der Waals surface area contributed by atoms with Crippen LogP contribution in [0.1, 0.15) is 13.3 Å². The van der Waals surface area contributed by atoms with Crippen LogP contribution in [0.25, 0.3) is 0 Å². The summed E-state index contributed by atoms with van der Waals surface area (Å²) in [5.41, 5.74) is -0.0861. The molecule has 4 rings (SSSR count). The molecule has 2 bridgehead atoms. The second-order valence-electron chi connectivity index (χ2n) is 7.08. The van der Waals surface area contributed by atoms with E-state index >= 15 is 0 Å². The Labute approximate surface area is 157 Å². The second-order valence-corrected chi connectivity index (χ2v) is 7.48. The lowest BCUT2D eigenvalue weighted by Gasteiger charge is -2.23. The SMILES string of the molecule is CCCOc1ccc(NC(=O)[C@H]2[C@@H]3C=C[C@@]4(CN(C)C(=O)[C@@H]24)O3)cc1Cl. The van der Waals surface area contributed by atoms with Crippen molar-refractivity contribution in [3.63, 3.8) is 0 Å². The molecule has 26 heavy (non-hydrogen) atoms. The lowest BCUT2D eigenvalue weighted by atomic mass is 9.77. The van der Waals surface area contributed by atoms with Crippen molar-refractivity contribution >= 4 is 29.1 Å². The van der Waals surface area contributed by atoms with Gasteiger partial charge in [0.1, 0.15) is 11.4 Å². The van der Waals surface area contributed by atoms with Crippen molar-refractivity contribution in [1.29, 1.82) is 0 Å². The highest BCUT2D eigenvalue weighted by Crippen LogP contribution is 2.51. The lowest BCUT2D eigenvalue weighted by Crippen LogP contribution is -2.41. The van der Waals surface area contributed by atoms with Crippen molar-refractivity contribution in [1.82, 2.24) is 4.90 Å². The minimum absolute atomic E-state index is 0.0432. The zero-order chi connectivity index (χ0) is 18.5. The Morgan fingerprint density at radius 2 is 2.31 bits per heavy atom. The fourth-order valence-corrected chi connectivity index (χ4v) is 4.36. The molecule has 1 aromatic carbocycles. The van der Waals surface area contributed by atoms with Crippen LogP contribution < -0.4 is 10.1 Å². The molecule has 4 atom stereocenters. The predicted octanol–water partition coefficient (Wildman–Crippen LogP) is 2.48. The van der Waals surface area contributed by atoms with Gasteiger partial charge in [0, 0.05) is 12.7 Å². The highest BCUT2D eigenvalue weighted by molar-refractivity contribution is 6.32. The van der Waals surface area contributed by atoms with Gasteiger partial charge in [0.05, 0.1) is 36.1 Å². The maximum atomic E-state index is 12.9.